The van der Waals surface area contributed by atoms with Gasteiger partial charge in [0.25, 0.3) is 0 Å². The van der Waals surface area contributed by atoms with Gasteiger partial charge in [-0.3, -0.25) is 9.78 Å². The standard InChI is InChI=1S/C19H25N5O/c1-13(9-10-20)17-18-19(14-6-2-3-7-15(14)23-17)24(12-22-18)11-5-4-8-16(21)25/h2-3,6-7,12-13H,4-5,8-11,20H2,1H3,(H2,21,25). The number of aromatic nitrogens is 3. The quantitative estimate of drug-likeness (QED) is 0.616. The van der Waals surface area contributed by atoms with Gasteiger partial charge in [-0.15, -0.1) is 0 Å². The first-order valence-electron chi connectivity index (χ1n) is 8.83. The average Bonchev–Trinajstić information content (AvgIpc) is 3.02. The van der Waals surface area contributed by atoms with Crippen LogP contribution in [0, 0.1) is 0 Å². The number of carbonyl (C=O) groups excluding carboxylic acids is 1. The molecule has 132 valence electrons. The summed E-state index contributed by atoms with van der Waals surface area (Å²) in [6.45, 7) is 3.59. The molecule has 0 aliphatic rings. The zero-order valence-corrected chi connectivity index (χ0v) is 14.6. The molecule has 1 amide bonds. The molecule has 3 rings (SSSR count). The number of benzene rings is 1. The van der Waals surface area contributed by atoms with Crippen molar-refractivity contribution in [2.45, 2.75) is 45.1 Å². The van der Waals surface area contributed by atoms with E-state index < -0.39 is 0 Å². The van der Waals surface area contributed by atoms with Crippen LogP contribution in [0.1, 0.15) is 44.2 Å². The van der Waals surface area contributed by atoms with Crippen molar-refractivity contribution in [2.75, 3.05) is 6.54 Å². The number of amides is 1. The van der Waals surface area contributed by atoms with E-state index in [1.54, 1.807) is 0 Å². The van der Waals surface area contributed by atoms with Gasteiger partial charge < -0.3 is 16.0 Å². The number of imidazole rings is 1. The Kier molecular flexibility index (Phi) is 5.28. The highest BCUT2D eigenvalue weighted by atomic mass is 16.1. The summed E-state index contributed by atoms with van der Waals surface area (Å²) in [6.07, 6.45) is 4.86. The first-order valence-corrected chi connectivity index (χ1v) is 8.83. The molecule has 6 nitrogen and oxygen atoms in total. The van der Waals surface area contributed by atoms with Crippen LogP contribution < -0.4 is 11.5 Å². The van der Waals surface area contributed by atoms with Crippen molar-refractivity contribution < 1.29 is 4.79 Å². The summed E-state index contributed by atoms with van der Waals surface area (Å²) in [4.78, 5) is 20.4. The lowest BCUT2D eigenvalue weighted by Gasteiger charge is -2.13. The van der Waals surface area contributed by atoms with Crippen molar-refractivity contribution in [3.8, 4) is 0 Å². The van der Waals surface area contributed by atoms with E-state index >= 15 is 0 Å². The summed E-state index contributed by atoms with van der Waals surface area (Å²) in [5, 5.41) is 1.11. The Labute approximate surface area is 147 Å². The van der Waals surface area contributed by atoms with E-state index in [9.17, 15) is 4.79 Å². The SMILES string of the molecule is CC(CCN)c1nc2ccccc2c2c1ncn2CCCCC(N)=O. The molecule has 2 aromatic heterocycles. The van der Waals surface area contributed by atoms with Gasteiger partial charge in [-0.1, -0.05) is 25.1 Å². The fourth-order valence-corrected chi connectivity index (χ4v) is 3.29. The molecule has 25 heavy (non-hydrogen) atoms. The van der Waals surface area contributed by atoms with Gasteiger partial charge in [0.1, 0.15) is 5.52 Å². The van der Waals surface area contributed by atoms with E-state index in [0.29, 0.717) is 13.0 Å². The maximum atomic E-state index is 10.9. The number of rotatable bonds is 8. The molecule has 0 radical (unpaired) electrons. The molecule has 1 aromatic carbocycles. The summed E-state index contributed by atoms with van der Waals surface area (Å²) >= 11 is 0. The Balaban J connectivity index is 2.03. The summed E-state index contributed by atoms with van der Waals surface area (Å²) in [5.74, 6) is 0.0124. The third kappa shape index (κ3) is 3.64. The van der Waals surface area contributed by atoms with Crippen LogP contribution in [0.4, 0.5) is 0 Å². The lowest BCUT2D eigenvalue weighted by Crippen LogP contribution is -2.10. The van der Waals surface area contributed by atoms with Crippen LogP contribution >= 0.6 is 0 Å². The number of unbranched alkanes of at least 4 members (excludes halogenated alkanes) is 1. The molecule has 0 bridgehead atoms. The van der Waals surface area contributed by atoms with Crippen LogP contribution in [0.2, 0.25) is 0 Å². The molecular formula is C19H25N5O. The fraction of sp³-hybridized carbons (Fsp3) is 0.421. The molecule has 1 atom stereocenters. The van der Waals surface area contributed by atoms with Crippen LogP contribution in [0.25, 0.3) is 21.9 Å². The molecule has 4 N–H and O–H groups in total. The van der Waals surface area contributed by atoms with Gasteiger partial charge in [0.2, 0.25) is 5.91 Å². The topological polar surface area (TPSA) is 99.8 Å². The lowest BCUT2D eigenvalue weighted by molar-refractivity contribution is -0.118. The third-order valence-electron chi connectivity index (χ3n) is 4.62. The predicted molar refractivity (Wildman–Crippen MR) is 100 cm³/mol. The molecule has 0 saturated heterocycles. The molecule has 3 aromatic rings. The third-order valence-corrected chi connectivity index (χ3v) is 4.62. The maximum absolute atomic E-state index is 10.9. The molecule has 0 fully saturated rings. The smallest absolute Gasteiger partial charge is 0.217 e. The minimum Gasteiger partial charge on any atom is -0.370 e. The number of pyridine rings is 1. The molecular weight excluding hydrogens is 314 g/mol. The van der Waals surface area contributed by atoms with Crippen molar-refractivity contribution in [2.24, 2.45) is 11.5 Å². The van der Waals surface area contributed by atoms with Crippen LogP contribution in [0.5, 0.6) is 0 Å². The lowest BCUT2D eigenvalue weighted by atomic mass is 10.0. The van der Waals surface area contributed by atoms with Gasteiger partial charge in [-0.05, 0) is 31.9 Å². The van der Waals surface area contributed by atoms with Crippen molar-refractivity contribution >= 4 is 27.8 Å². The molecule has 0 spiro atoms. The number of carbonyl (C=O) groups is 1. The molecule has 1 unspecified atom stereocenters. The number of primary amides is 1. The number of nitrogens with two attached hydrogens (primary N) is 2. The van der Waals surface area contributed by atoms with E-state index in [2.05, 4.69) is 22.5 Å². The second-order valence-electron chi connectivity index (χ2n) is 6.55. The second-order valence-corrected chi connectivity index (χ2v) is 6.55. The minimum atomic E-state index is -0.247. The highest BCUT2D eigenvalue weighted by Crippen LogP contribution is 2.30. The summed E-state index contributed by atoms with van der Waals surface area (Å²) in [6, 6.07) is 8.16. The monoisotopic (exact) mass is 339 g/mol. The number of hydrogen-bond donors (Lipinski definition) is 2. The molecule has 0 saturated carbocycles. The minimum absolute atomic E-state index is 0.247. The first kappa shape index (κ1) is 17.4. The van der Waals surface area contributed by atoms with E-state index in [0.717, 1.165) is 53.4 Å². The van der Waals surface area contributed by atoms with Crippen LogP contribution in [-0.2, 0) is 11.3 Å². The number of fused-ring (bicyclic) bond motifs is 3. The van der Waals surface area contributed by atoms with Gasteiger partial charge in [0.05, 0.1) is 23.1 Å². The summed E-state index contributed by atoms with van der Waals surface area (Å²) < 4.78 is 2.17. The van der Waals surface area contributed by atoms with Crippen molar-refractivity contribution in [3.05, 3.63) is 36.3 Å². The van der Waals surface area contributed by atoms with Crippen molar-refractivity contribution in [1.82, 2.24) is 14.5 Å². The van der Waals surface area contributed by atoms with E-state index in [1.165, 1.54) is 0 Å². The Morgan fingerprint density at radius 2 is 2.08 bits per heavy atom. The van der Waals surface area contributed by atoms with Gasteiger partial charge in [-0.2, -0.15) is 0 Å². The summed E-state index contributed by atoms with van der Waals surface area (Å²) in [5.41, 5.74) is 15.0. The molecule has 2 heterocycles. The van der Waals surface area contributed by atoms with E-state index in [-0.39, 0.29) is 11.8 Å². The zero-order valence-electron chi connectivity index (χ0n) is 14.6. The number of aryl methyl sites for hydroxylation is 1. The maximum Gasteiger partial charge on any atom is 0.217 e. The van der Waals surface area contributed by atoms with Gasteiger partial charge >= 0.3 is 0 Å². The Morgan fingerprint density at radius 1 is 1.28 bits per heavy atom. The Hall–Kier alpha value is -2.47. The van der Waals surface area contributed by atoms with E-state index in [1.807, 2.05) is 24.5 Å². The summed E-state index contributed by atoms with van der Waals surface area (Å²) in [7, 11) is 0. The molecule has 6 heteroatoms. The van der Waals surface area contributed by atoms with Crippen LogP contribution in [0.3, 0.4) is 0 Å². The predicted octanol–water partition coefficient (Wildman–Crippen LogP) is 2.69. The number of nitrogens with zero attached hydrogens (tertiary/aromatic N) is 3. The Morgan fingerprint density at radius 3 is 2.84 bits per heavy atom. The number of hydrogen-bond acceptors (Lipinski definition) is 4. The second kappa shape index (κ2) is 7.61. The van der Waals surface area contributed by atoms with Crippen molar-refractivity contribution in [3.63, 3.8) is 0 Å². The fourth-order valence-electron chi connectivity index (χ4n) is 3.29. The van der Waals surface area contributed by atoms with Gasteiger partial charge in [0, 0.05) is 24.3 Å². The highest BCUT2D eigenvalue weighted by molar-refractivity contribution is 6.03. The normalized spacial score (nSPS) is 12.7. The first-order chi connectivity index (χ1) is 12.1. The number of para-hydroxylation sites is 1. The Bertz CT molecular complexity index is 886. The van der Waals surface area contributed by atoms with Crippen LogP contribution in [-0.4, -0.2) is 27.0 Å². The van der Waals surface area contributed by atoms with Crippen molar-refractivity contribution in [1.29, 1.82) is 0 Å². The molecule has 0 aliphatic heterocycles. The average molecular weight is 339 g/mol. The highest BCUT2D eigenvalue weighted by Gasteiger charge is 2.17. The van der Waals surface area contributed by atoms with Gasteiger partial charge in [-0.25, -0.2) is 4.98 Å². The largest absolute Gasteiger partial charge is 0.370 e. The van der Waals surface area contributed by atoms with Gasteiger partial charge in [0.15, 0.2) is 0 Å². The van der Waals surface area contributed by atoms with E-state index in [4.69, 9.17) is 16.5 Å². The molecule has 0 aliphatic carbocycles. The van der Waals surface area contributed by atoms with Crippen LogP contribution in [0.15, 0.2) is 30.6 Å². The zero-order chi connectivity index (χ0) is 17.8.